The highest BCUT2D eigenvalue weighted by atomic mass is 16.3. The maximum absolute atomic E-state index is 10.4. The third-order valence-corrected chi connectivity index (χ3v) is 4.56. The zero-order valence-corrected chi connectivity index (χ0v) is 8.01. The van der Waals surface area contributed by atoms with E-state index < -0.39 is 5.60 Å². The van der Waals surface area contributed by atoms with Gasteiger partial charge in [0.25, 0.3) is 0 Å². The normalized spacial score (nSPS) is 50.0. The minimum atomic E-state index is -0.573. The van der Waals surface area contributed by atoms with Gasteiger partial charge in [0.2, 0.25) is 0 Å². The van der Waals surface area contributed by atoms with Crippen molar-refractivity contribution in [1.29, 1.82) is 0 Å². The Kier molecular flexibility index (Phi) is 1.59. The molecule has 3 atom stereocenters. The van der Waals surface area contributed by atoms with Gasteiger partial charge in [0.05, 0.1) is 5.60 Å². The van der Waals surface area contributed by atoms with Gasteiger partial charge in [-0.2, -0.15) is 0 Å². The van der Waals surface area contributed by atoms with E-state index in [-0.39, 0.29) is 5.41 Å². The highest BCUT2D eigenvalue weighted by Gasteiger charge is 2.61. The number of nitrogens with two attached hydrogens (primary N) is 1. The number of hydrogen-bond donors (Lipinski definition) is 2. The van der Waals surface area contributed by atoms with Gasteiger partial charge in [0, 0.05) is 6.54 Å². The van der Waals surface area contributed by atoms with E-state index in [1.807, 2.05) is 0 Å². The average molecular weight is 169 g/mol. The van der Waals surface area contributed by atoms with E-state index >= 15 is 0 Å². The monoisotopic (exact) mass is 169 g/mol. The molecule has 0 radical (unpaired) electrons. The maximum atomic E-state index is 10.4. The molecule has 2 fully saturated rings. The maximum Gasteiger partial charge on any atom is 0.0850 e. The van der Waals surface area contributed by atoms with Crippen molar-refractivity contribution in [1.82, 2.24) is 0 Å². The second-order valence-corrected chi connectivity index (χ2v) is 5.06. The van der Waals surface area contributed by atoms with Crippen LogP contribution in [0.1, 0.15) is 33.1 Å². The molecular weight excluding hydrogens is 150 g/mol. The molecule has 0 saturated heterocycles. The van der Waals surface area contributed by atoms with E-state index in [0.29, 0.717) is 18.4 Å². The summed E-state index contributed by atoms with van der Waals surface area (Å²) in [6.07, 6.45) is 3.67. The van der Waals surface area contributed by atoms with Gasteiger partial charge in [0.1, 0.15) is 0 Å². The fourth-order valence-corrected chi connectivity index (χ4v) is 3.38. The standard InChI is InChI=1S/C10H19NO/c1-9(2)7-3-4-8(5-7)10(9,12)6-11/h7-8,12H,3-6,11H2,1-2H3/t7-,8+,10-/m0/s1. The third kappa shape index (κ3) is 0.728. The van der Waals surface area contributed by atoms with Gasteiger partial charge in [-0.05, 0) is 36.5 Å². The lowest BCUT2D eigenvalue weighted by Gasteiger charge is -2.45. The fourth-order valence-electron chi connectivity index (χ4n) is 3.38. The molecule has 70 valence electrons. The lowest BCUT2D eigenvalue weighted by Crippen LogP contribution is -2.54. The van der Waals surface area contributed by atoms with Crippen LogP contribution in [0.4, 0.5) is 0 Å². The van der Waals surface area contributed by atoms with Gasteiger partial charge in [-0.1, -0.05) is 13.8 Å². The minimum Gasteiger partial charge on any atom is -0.388 e. The minimum absolute atomic E-state index is 0.0463. The molecule has 0 heterocycles. The summed E-state index contributed by atoms with van der Waals surface area (Å²) in [6, 6.07) is 0. The Balaban J connectivity index is 2.34. The van der Waals surface area contributed by atoms with E-state index in [9.17, 15) is 5.11 Å². The molecule has 2 rings (SSSR count). The second-order valence-electron chi connectivity index (χ2n) is 5.06. The number of fused-ring (bicyclic) bond motifs is 2. The van der Waals surface area contributed by atoms with Crippen LogP contribution in [0.25, 0.3) is 0 Å². The Morgan fingerprint density at radius 3 is 2.25 bits per heavy atom. The molecule has 2 bridgehead atoms. The van der Waals surface area contributed by atoms with Crippen LogP contribution < -0.4 is 5.73 Å². The van der Waals surface area contributed by atoms with Gasteiger partial charge in [-0.25, -0.2) is 0 Å². The van der Waals surface area contributed by atoms with Crippen LogP contribution in [0.5, 0.6) is 0 Å². The molecule has 0 aliphatic heterocycles. The van der Waals surface area contributed by atoms with Crippen LogP contribution in [0.15, 0.2) is 0 Å². The van der Waals surface area contributed by atoms with E-state index in [2.05, 4.69) is 13.8 Å². The first-order valence-electron chi connectivity index (χ1n) is 4.95. The molecule has 2 nitrogen and oxygen atoms in total. The SMILES string of the molecule is CC1(C)[C@H]2CC[C@H](C2)[C@@]1(O)CN. The number of rotatable bonds is 1. The summed E-state index contributed by atoms with van der Waals surface area (Å²) in [5.41, 5.74) is 5.15. The molecule has 0 spiro atoms. The van der Waals surface area contributed by atoms with Gasteiger partial charge < -0.3 is 10.8 Å². The van der Waals surface area contributed by atoms with Crippen LogP contribution in [-0.4, -0.2) is 17.3 Å². The van der Waals surface area contributed by atoms with Gasteiger partial charge in [-0.15, -0.1) is 0 Å². The quantitative estimate of drug-likeness (QED) is 0.618. The highest BCUT2D eigenvalue weighted by Crippen LogP contribution is 2.60. The molecule has 0 aromatic carbocycles. The summed E-state index contributed by atoms with van der Waals surface area (Å²) in [4.78, 5) is 0. The molecule has 2 heteroatoms. The molecule has 0 unspecified atom stereocenters. The highest BCUT2D eigenvalue weighted by molar-refractivity contribution is 5.12. The first-order chi connectivity index (χ1) is 5.52. The van der Waals surface area contributed by atoms with Crippen LogP contribution in [0.2, 0.25) is 0 Å². The summed E-state index contributed by atoms with van der Waals surface area (Å²) >= 11 is 0. The summed E-state index contributed by atoms with van der Waals surface area (Å²) in [5, 5.41) is 10.4. The predicted octanol–water partition coefficient (Wildman–Crippen LogP) is 1.13. The molecule has 2 saturated carbocycles. The van der Waals surface area contributed by atoms with Gasteiger partial charge >= 0.3 is 0 Å². The summed E-state index contributed by atoms with van der Waals surface area (Å²) < 4.78 is 0. The van der Waals surface area contributed by atoms with Crippen LogP contribution in [0, 0.1) is 17.3 Å². The molecule has 0 aromatic heterocycles. The van der Waals surface area contributed by atoms with Crippen LogP contribution in [0.3, 0.4) is 0 Å². The van der Waals surface area contributed by atoms with Crippen LogP contribution >= 0.6 is 0 Å². The molecule has 0 aromatic rings. The van der Waals surface area contributed by atoms with Crippen molar-refractivity contribution in [3.63, 3.8) is 0 Å². The Morgan fingerprint density at radius 2 is 1.92 bits per heavy atom. The number of aliphatic hydroxyl groups is 1. The molecule has 3 N–H and O–H groups in total. The lowest BCUT2D eigenvalue weighted by atomic mass is 9.65. The number of hydrogen-bond acceptors (Lipinski definition) is 2. The largest absolute Gasteiger partial charge is 0.388 e. The Labute approximate surface area is 74.1 Å². The van der Waals surface area contributed by atoms with Crippen molar-refractivity contribution >= 4 is 0 Å². The van der Waals surface area contributed by atoms with Gasteiger partial charge in [-0.3, -0.25) is 0 Å². The van der Waals surface area contributed by atoms with Crippen LogP contribution in [-0.2, 0) is 0 Å². The van der Waals surface area contributed by atoms with Crippen molar-refractivity contribution in [3.8, 4) is 0 Å². The molecule has 0 amide bonds. The summed E-state index contributed by atoms with van der Waals surface area (Å²) in [5.74, 6) is 1.18. The van der Waals surface area contributed by atoms with Crippen molar-refractivity contribution < 1.29 is 5.11 Å². The molecular formula is C10H19NO. The second kappa shape index (κ2) is 2.24. The van der Waals surface area contributed by atoms with Crippen molar-refractivity contribution in [3.05, 3.63) is 0 Å². The van der Waals surface area contributed by atoms with E-state index in [1.165, 1.54) is 19.3 Å². The van der Waals surface area contributed by atoms with E-state index in [0.717, 1.165) is 0 Å². The van der Waals surface area contributed by atoms with Crippen molar-refractivity contribution in [2.24, 2.45) is 23.0 Å². The molecule has 2 aliphatic carbocycles. The summed E-state index contributed by atoms with van der Waals surface area (Å²) in [7, 11) is 0. The average Bonchev–Trinajstić information content (AvgIpc) is 2.55. The fraction of sp³-hybridized carbons (Fsp3) is 1.00. The third-order valence-electron chi connectivity index (χ3n) is 4.56. The summed E-state index contributed by atoms with van der Waals surface area (Å²) in [6.45, 7) is 4.77. The molecule has 2 aliphatic rings. The van der Waals surface area contributed by atoms with Crippen molar-refractivity contribution in [2.75, 3.05) is 6.54 Å². The zero-order chi connectivity index (χ0) is 8.98. The Bertz CT molecular complexity index is 202. The van der Waals surface area contributed by atoms with E-state index in [4.69, 9.17) is 5.73 Å². The molecule has 12 heavy (non-hydrogen) atoms. The first kappa shape index (κ1) is 8.52. The van der Waals surface area contributed by atoms with Gasteiger partial charge in [0.15, 0.2) is 0 Å². The topological polar surface area (TPSA) is 46.2 Å². The Hall–Kier alpha value is -0.0800. The first-order valence-corrected chi connectivity index (χ1v) is 4.95. The smallest absolute Gasteiger partial charge is 0.0850 e. The lowest BCUT2D eigenvalue weighted by molar-refractivity contribution is -0.0977. The van der Waals surface area contributed by atoms with E-state index in [1.54, 1.807) is 0 Å². The Morgan fingerprint density at radius 1 is 1.33 bits per heavy atom. The zero-order valence-electron chi connectivity index (χ0n) is 8.01. The van der Waals surface area contributed by atoms with Crippen molar-refractivity contribution in [2.45, 2.75) is 38.7 Å². The predicted molar refractivity (Wildman–Crippen MR) is 48.6 cm³/mol.